The van der Waals surface area contributed by atoms with Crippen molar-refractivity contribution in [2.45, 2.75) is 0 Å². The van der Waals surface area contributed by atoms with Gasteiger partial charge in [-0.1, -0.05) is 15.9 Å². The fourth-order valence-corrected chi connectivity index (χ4v) is 0.888. The van der Waals surface area contributed by atoms with Crippen molar-refractivity contribution >= 4 is 21.6 Å². The lowest BCUT2D eigenvalue weighted by Crippen LogP contribution is -1.91. The highest BCUT2D eigenvalue weighted by Crippen LogP contribution is 2.20. The molecule has 1 aromatic rings. The molecule has 0 aliphatic rings. The molecule has 1 aromatic carbocycles. The van der Waals surface area contributed by atoms with Gasteiger partial charge in [-0.3, -0.25) is 10.1 Å². The SMILES string of the molecule is O=[N+]([O-])c1c[c]c(Br)cc1F. The first-order valence-corrected chi connectivity index (χ1v) is 3.41. The summed E-state index contributed by atoms with van der Waals surface area (Å²) in [4.78, 5) is 9.27. The van der Waals surface area contributed by atoms with Crippen molar-refractivity contribution in [3.05, 3.63) is 38.6 Å². The van der Waals surface area contributed by atoms with Gasteiger partial charge in [0.15, 0.2) is 0 Å². The van der Waals surface area contributed by atoms with E-state index in [2.05, 4.69) is 22.0 Å². The molecular formula is C6H2BrFNO2. The molecule has 0 amide bonds. The zero-order valence-electron chi connectivity index (χ0n) is 5.17. The van der Waals surface area contributed by atoms with E-state index in [0.717, 1.165) is 12.1 Å². The minimum absolute atomic E-state index is 0.362. The zero-order valence-corrected chi connectivity index (χ0v) is 6.76. The van der Waals surface area contributed by atoms with Gasteiger partial charge in [0, 0.05) is 16.6 Å². The van der Waals surface area contributed by atoms with E-state index >= 15 is 0 Å². The normalized spacial score (nSPS) is 9.64. The Morgan fingerprint density at radius 2 is 2.36 bits per heavy atom. The quantitative estimate of drug-likeness (QED) is 0.537. The Hall–Kier alpha value is -0.970. The third-order valence-electron chi connectivity index (χ3n) is 1.04. The first kappa shape index (κ1) is 8.13. The summed E-state index contributed by atoms with van der Waals surface area (Å²) < 4.78 is 13.0. The van der Waals surface area contributed by atoms with E-state index in [4.69, 9.17) is 0 Å². The van der Waals surface area contributed by atoms with Crippen LogP contribution in [0.25, 0.3) is 0 Å². The number of nitro benzene ring substituents is 1. The van der Waals surface area contributed by atoms with Gasteiger partial charge in [0.2, 0.25) is 5.82 Å². The van der Waals surface area contributed by atoms with Crippen LogP contribution >= 0.6 is 15.9 Å². The molecule has 0 aliphatic heterocycles. The number of rotatable bonds is 1. The minimum atomic E-state index is -0.861. The fraction of sp³-hybridized carbons (Fsp3) is 0. The molecule has 0 atom stereocenters. The summed E-state index contributed by atoms with van der Waals surface area (Å²) in [7, 11) is 0. The molecule has 1 radical (unpaired) electrons. The fourth-order valence-electron chi connectivity index (χ4n) is 0.573. The van der Waals surface area contributed by atoms with Crippen molar-refractivity contribution in [2.75, 3.05) is 0 Å². The van der Waals surface area contributed by atoms with Crippen LogP contribution in [-0.2, 0) is 0 Å². The topological polar surface area (TPSA) is 43.1 Å². The maximum absolute atomic E-state index is 12.6. The van der Waals surface area contributed by atoms with Gasteiger partial charge in [0.05, 0.1) is 4.92 Å². The molecule has 0 saturated heterocycles. The molecule has 0 unspecified atom stereocenters. The predicted molar refractivity (Wildman–Crippen MR) is 39.6 cm³/mol. The van der Waals surface area contributed by atoms with Gasteiger partial charge >= 0.3 is 5.69 Å². The first-order chi connectivity index (χ1) is 5.11. The van der Waals surface area contributed by atoms with E-state index < -0.39 is 16.4 Å². The molecule has 0 heterocycles. The van der Waals surface area contributed by atoms with E-state index in [0.29, 0.717) is 4.47 Å². The molecule has 0 aliphatic carbocycles. The highest BCUT2D eigenvalue weighted by Gasteiger charge is 2.12. The van der Waals surface area contributed by atoms with Crippen LogP contribution in [0.3, 0.4) is 0 Å². The Balaban J connectivity index is 3.20. The van der Waals surface area contributed by atoms with Gasteiger partial charge in [0.25, 0.3) is 0 Å². The average molecular weight is 219 g/mol. The second-order valence-corrected chi connectivity index (χ2v) is 2.63. The molecular weight excluding hydrogens is 217 g/mol. The Morgan fingerprint density at radius 1 is 1.73 bits per heavy atom. The molecule has 1 rings (SSSR count). The van der Waals surface area contributed by atoms with E-state index in [1.165, 1.54) is 0 Å². The summed E-state index contributed by atoms with van der Waals surface area (Å²) >= 11 is 2.93. The molecule has 3 nitrogen and oxygen atoms in total. The van der Waals surface area contributed by atoms with Crippen LogP contribution < -0.4 is 0 Å². The molecule has 5 heteroatoms. The number of hydrogen-bond acceptors (Lipinski definition) is 2. The molecule has 0 fully saturated rings. The maximum Gasteiger partial charge on any atom is 0.305 e. The molecule has 11 heavy (non-hydrogen) atoms. The second-order valence-electron chi connectivity index (χ2n) is 1.77. The lowest BCUT2D eigenvalue weighted by atomic mass is 10.3. The van der Waals surface area contributed by atoms with E-state index in [-0.39, 0.29) is 0 Å². The monoisotopic (exact) mass is 218 g/mol. The third kappa shape index (κ3) is 1.74. The summed E-state index contributed by atoms with van der Waals surface area (Å²) in [5.74, 6) is -0.861. The number of halogens is 2. The molecule has 0 bridgehead atoms. The van der Waals surface area contributed by atoms with Gasteiger partial charge in [-0.2, -0.15) is 4.39 Å². The predicted octanol–water partition coefficient (Wildman–Crippen LogP) is 2.30. The summed E-state index contributed by atoms with van der Waals surface area (Å²) in [6.07, 6.45) is 0. The van der Waals surface area contributed by atoms with Crippen LogP contribution in [0.15, 0.2) is 16.6 Å². The van der Waals surface area contributed by atoms with Crippen molar-refractivity contribution in [3.8, 4) is 0 Å². The summed E-state index contributed by atoms with van der Waals surface area (Å²) in [6.45, 7) is 0. The molecule has 0 aromatic heterocycles. The minimum Gasteiger partial charge on any atom is -0.258 e. The number of benzene rings is 1. The third-order valence-corrected chi connectivity index (χ3v) is 1.50. The maximum atomic E-state index is 12.6. The number of hydrogen-bond donors (Lipinski definition) is 0. The van der Waals surface area contributed by atoms with Crippen LogP contribution in [0.4, 0.5) is 10.1 Å². The van der Waals surface area contributed by atoms with Gasteiger partial charge in [-0.15, -0.1) is 0 Å². The highest BCUT2D eigenvalue weighted by molar-refractivity contribution is 9.10. The Bertz CT molecular complexity index is 303. The number of nitrogens with zero attached hydrogens (tertiary/aromatic N) is 1. The second kappa shape index (κ2) is 2.96. The van der Waals surface area contributed by atoms with Gasteiger partial charge < -0.3 is 0 Å². The van der Waals surface area contributed by atoms with Crippen LogP contribution in [0.1, 0.15) is 0 Å². The molecule has 0 N–H and O–H groups in total. The lowest BCUT2D eigenvalue weighted by Gasteiger charge is -1.92. The van der Waals surface area contributed by atoms with Crippen molar-refractivity contribution < 1.29 is 9.31 Å². The Labute approximate surface area is 70.1 Å². The highest BCUT2D eigenvalue weighted by atomic mass is 79.9. The zero-order chi connectivity index (χ0) is 8.43. The standard InChI is InChI=1S/C6H2BrFNO2/c7-4-1-2-6(9(10)11)5(8)3-4/h2-3H. The lowest BCUT2D eigenvalue weighted by molar-refractivity contribution is -0.387. The Kier molecular flexibility index (Phi) is 2.19. The van der Waals surface area contributed by atoms with Gasteiger partial charge in [-0.05, 0) is 6.07 Å². The van der Waals surface area contributed by atoms with Crippen LogP contribution in [0.5, 0.6) is 0 Å². The summed E-state index contributed by atoms with van der Waals surface area (Å²) in [6, 6.07) is 4.44. The molecule has 0 spiro atoms. The van der Waals surface area contributed by atoms with Crippen molar-refractivity contribution in [1.82, 2.24) is 0 Å². The van der Waals surface area contributed by atoms with E-state index in [1.807, 2.05) is 0 Å². The largest absolute Gasteiger partial charge is 0.305 e. The van der Waals surface area contributed by atoms with Crippen LogP contribution in [-0.4, -0.2) is 4.92 Å². The Morgan fingerprint density at radius 3 is 2.82 bits per heavy atom. The van der Waals surface area contributed by atoms with Crippen LogP contribution in [0, 0.1) is 22.0 Å². The summed E-state index contributed by atoms with van der Waals surface area (Å²) in [5.41, 5.74) is -0.562. The van der Waals surface area contributed by atoms with Crippen molar-refractivity contribution in [2.24, 2.45) is 0 Å². The van der Waals surface area contributed by atoms with Crippen molar-refractivity contribution in [1.29, 1.82) is 0 Å². The van der Waals surface area contributed by atoms with E-state index in [1.54, 1.807) is 0 Å². The smallest absolute Gasteiger partial charge is 0.258 e. The van der Waals surface area contributed by atoms with E-state index in [9.17, 15) is 14.5 Å². The number of nitro groups is 1. The van der Waals surface area contributed by atoms with Gasteiger partial charge in [-0.25, -0.2) is 0 Å². The molecule has 0 saturated carbocycles. The van der Waals surface area contributed by atoms with Crippen molar-refractivity contribution in [3.63, 3.8) is 0 Å². The summed E-state index contributed by atoms with van der Waals surface area (Å²) in [5, 5.41) is 10.1. The average Bonchev–Trinajstić information content (AvgIpc) is 1.85. The van der Waals surface area contributed by atoms with Crippen LogP contribution in [0.2, 0.25) is 0 Å². The van der Waals surface area contributed by atoms with Gasteiger partial charge in [0.1, 0.15) is 0 Å². The molecule has 57 valence electrons. The first-order valence-electron chi connectivity index (χ1n) is 2.62.